The monoisotopic (exact) mass is 325 g/mol. The predicted molar refractivity (Wildman–Crippen MR) is 85.5 cm³/mol. The van der Waals surface area contributed by atoms with Gasteiger partial charge in [-0.2, -0.15) is 0 Å². The van der Waals surface area contributed by atoms with E-state index in [1.165, 1.54) is 6.42 Å². The lowest BCUT2D eigenvalue weighted by atomic mass is 9.88. The molecule has 0 heterocycles. The molecule has 0 aromatic carbocycles. The van der Waals surface area contributed by atoms with Crippen LogP contribution < -0.4 is 5.32 Å². The standard InChI is InChI=1S/C17H27NO5/c1-12(2)23-16(20)10-9-15(19)22-11-13(3)18-17(21)14-7-5-4-6-8-14/h9-10,12-14H,4-8,11H2,1-3H3,(H,18,21)/b10-9+. The molecule has 1 saturated carbocycles. The molecule has 23 heavy (non-hydrogen) atoms. The minimum atomic E-state index is -0.635. The summed E-state index contributed by atoms with van der Waals surface area (Å²) in [6, 6.07) is -0.260. The molecule has 1 rings (SSSR count). The van der Waals surface area contributed by atoms with Crippen molar-refractivity contribution >= 4 is 17.8 Å². The lowest BCUT2D eigenvalue weighted by molar-refractivity contribution is -0.143. The smallest absolute Gasteiger partial charge is 0.331 e. The highest BCUT2D eigenvalue weighted by Gasteiger charge is 2.22. The summed E-state index contributed by atoms with van der Waals surface area (Å²) >= 11 is 0. The number of hydrogen-bond acceptors (Lipinski definition) is 5. The van der Waals surface area contributed by atoms with Gasteiger partial charge in [0.1, 0.15) is 6.61 Å². The van der Waals surface area contributed by atoms with Crippen LogP contribution in [0, 0.1) is 5.92 Å². The maximum absolute atomic E-state index is 12.0. The number of esters is 2. The van der Waals surface area contributed by atoms with Crippen LogP contribution in [-0.4, -0.2) is 36.6 Å². The third-order valence-electron chi connectivity index (χ3n) is 3.55. The van der Waals surface area contributed by atoms with Crippen LogP contribution in [0.25, 0.3) is 0 Å². The minimum Gasteiger partial charge on any atom is -0.460 e. The van der Waals surface area contributed by atoms with Crippen molar-refractivity contribution in [3.05, 3.63) is 12.2 Å². The van der Waals surface area contributed by atoms with Crippen molar-refractivity contribution in [1.29, 1.82) is 0 Å². The molecule has 1 amide bonds. The van der Waals surface area contributed by atoms with Crippen LogP contribution >= 0.6 is 0 Å². The molecule has 0 spiro atoms. The van der Waals surface area contributed by atoms with Crippen LogP contribution in [0.15, 0.2) is 12.2 Å². The number of ether oxygens (including phenoxy) is 2. The maximum atomic E-state index is 12.0. The van der Waals surface area contributed by atoms with Gasteiger partial charge in [0, 0.05) is 18.1 Å². The molecular formula is C17H27NO5. The van der Waals surface area contributed by atoms with E-state index < -0.39 is 11.9 Å². The Labute approximate surface area is 137 Å². The van der Waals surface area contributed by atoms with Gasteiger partial charge in [-0.05, 0) is 33.6 Å². The molecule has 0 aromatic heterocycles. The van der Waals surface area contributed by atoms with Crippen molar-refractivity contribution in [3.63, 3.8) is 0 Å². The average molecular weight is 325 g/mol. The van der Waals surface area contributed by atoms with Gasteiger partial charge in [0.15, 0.2) is 0 Å². The Bertz CT molecular complexity index is 438. The maximum Gasteiger partial charge on any atom is 0.331 e. The molecule has 1 unspecified atom stereocenters. The van der Waals surface area contributed by atoms with E-state index in [2.05, 4.69) is 5.32 Å². The topological polar surface area (TPSA) is 81.7 Å². The molecule has 0 radical (unpaired) electrons. The van der Waals surface area contributed by atoms with E-state index >= 15 is 0 Å². The second-order valence-corrected chi connectivity index (χ2v) is 6.19. The number of carbonyl (C=O) groups excluding carboxylic acids is 3. The number of nitrogens with one attached hydrogen (secondary N) is 1. The number of amides is 1. The molecule has 130 valence electrons. The summed E-state index contributed by atoms with van der Waals surface area (Å²) in [6.07, 6.45) is 7.07. The lowest BCUT2D eigenvalue weighted by Gasteiger charge is -2.23. The highest BCUT2D eigenvalue weighted by atomic mass is 16.5. The fourth-order valence-electron chi connectivity index (χ4n) is 2.43. The summed E-state index contributed by atoms with van der Waals surface area (Å²) in [5.41, 5.74) is 0. The van der Waals surface area contributed by atoms with Crippen molar-refractivity contribution in [2.24, 2.45) is 5.92 Å². The van der Waals surface area contributed by atoms with Gasteiger partial charge >= 0.3 is 11.9 Å². The first kappa shape index (κ1) is 19.2. The zero-order valence-electron chi connectivity index (χ0n) is 14.2. The summed E-state index contributed by atoms with van der Waals surface area (Å²) in [5.74, 6) is -1.11. The molecule has 6 heteroatoms. The van der Waals surface area contributed by atoms with Crippen molar-refractivity contribution < 1.29 is 23.9 Å². The molecular weight excluding hydrogens is 298 g/mol. The number of carbonyl (C=O) groups is 3. The van der Waals surface area contributed by atoms with Gasteiger partial charge in [-0.15, -0.1) is 0 Å². The summed E-state index contributed by atoms with van der Waals surface area (Å²) in [5, 5.41) is 2.86. The van der Waals surface area contributed by atoms with Crippen LogP contribution in [0.4, 0.5) is 0 Å². The van der Waals surface area contributed by atoms with Gasteiger partial charge in [0.2, 0.25) is 5.91 Å². The summed E-state index contributed by atoms with van der Waals surface area (Å²) in [7, 11) is 0. The Balaban J connectivity index is 2.25. The largest absolute Gasteiger partial charge is 0.460 e. The molecule has 1 aliphatic carbocycles. The minimum absolute atomic E-state index is 0.0318. The van der Waals surface area contributed by atoms with E-state index in [4.69, 9.17) is 9.47 Å². The Kier molecular flexibility index (Phi) is 8.37. The fraction of sp³-hybridized carbons (Fsp3) is 0.706. The van der Waals surface area contributed by atoms with Crippen molar-refractivity contribution in [2.75, 3.05) is 6.61 Å². The van der Waals surface area contributed by atoms with Crippen molar-refractivity contribution in [3.8, 4) is 0 Å². The SMILES string of the molecule is CC(COC(=O)/C=C/C(=O)OC(C)C)NC(=O)C1CCCCC1. The second kappa shape index (κ2) is 10.0. The van der Waals surface area contributed by atoms with Gasteiger partial charge in [-0.1, -0.05) is 19.3 Å². The molecule has 0 saturated heterocycles. The van der Waals surface area contributed by atoms with E-state index in [9.17, 15) is 14.4 Å². The Hall–Kier alpha value is -1.85. The van der Waals surface area contributed by atoms with Crippen molar-refractivity contribution in [1.82, 2.24) is 5.32 Å². The zero-order chi connectivity index (χ0) is 17.2. The Morgan fingerprint density at radius 1 is 1.04 bits per heavy atom. The van der Waals surface area contributed by atoms with Crippen LogP contribution in [-0.2, 0) is 23.9 Å². The van der Waals surface area contributed by atoms with E-state index in [-0.39, 0.29) is 30.6 Å². The number of hydrogen-bond donors (Lipinski definition) is 1. The van der Waals surface area contributed by atoms with Gasteiger partial charge in [0.05, 0.1) is 12.1 Å². The first-order chi connectivity index (χ1) is 10.9. The van der Waals surface area contributed by atoms with E-state index in [1.807, 2.05) is 0 Å². The van der Waals surface area contributed by atoms with Gasteiger partial charge < -0.3 is 14.8 Å². The molecule has 1 N–H and O–H groups in total. The van der Waals surface area contributed by atoms with Crippen LogP contribution in [0.3, 0.4) is 0 Å². The molecule has 0 aromatic rings. The fourth-order valence-corrected chi connectivity index (χ4v) is 2.43. The molecule has 1 aliphatic rings. The highest BCUT2D eigenvalue weighted by Crippen LogP contribution is 2.23. The third kappa shape index (κ3) is 8.38. The van der Waals surface area contributed by atoms with Gasteiger partial charge in [-0.3, -0.25) is 4.79 Å². The van der Waals surface area contributed by atoms with Gasteiger partial charge in [-0.25, -0.2) is 9.59 Å². The molecule has 1 atom stereocenters. The van der Waals surface area contributed by atoms with Crippen molar-refractivity contribution in [2.45, 2.75) is 65.0 Å². The van der Waals surface area contributed by atoms with Gasteiger partial charge in [0.25, 0.3) is 0 Å². The first-order valence-electron chi connectivity index (χ1n) is 8.24. The summed E-state index contributed by atoms with van der Waals surface area (Å²) in [4.78, 5) is 34.8. The van der Waals surface area contributed by atoms with Crippen LogP contribution in [0.5, 0.6) is 0 Å². The first-order valence-corrected chi connectivity index (χ1v) is 8.24. The highest BCUT2D eigenvalue weighted by molar-refractivity contribution is 5.91. The second-order valence-electron chi connectivity index (χ2n) is 6.19. The summed E-state index contributed by atoms with van der Waals surface area (Å²) < 4.78 is 9.85. The predicted octanol–water partition coefficient (Wildman–Crippen LogP) is 2.12. The number of rotatable bonds is 7. The van der Waals surface area contributed by atoms with E-state index in [0.29, 0.717) is 0 Å². The Morgan fingerprint density at radius 2 is 1.65 bits per heavy atom. The molecule has 0 aliphatic heterocycles. The van der Waals surface area contributed by atoms with Crippen LogP contribution in [0.1, 0.15) is 52.9 Å². The average Bonchev–Trinajstić information content (AvgIpc) is 2.51. The lowest BCUT2D eigenvalue weighted by Crippen LogP contribution is -2.40. The quantitative estimate of drug-likeness (QED) is 0.573. The summed E-state index contributed by atoms with van der Waals surface area (Å²) in [6.45, 7) is 5.30. The Morgan fingerprint density at radius 3 is 2.26 bits per heavy atom. The molecule has 6 nitrogen and oxygen atoms in total. The van der Waals surface area contributed by atoms with E-state index in [0.717, 1.165) is 37.8 Å². The normalized spacial score (nSPS) is 17.0. The van der Waals surface area contributed by atoms with E-state index in [1.54, 1.807) is 20.8 Å². The van der Waals surface area contributed by atoms with Crippen LogP contribution in [0.2, 0.25) is 0 Å². The molecule has 1 fully saturated rings. The zero-order valence-corrected chi connectivity index (χ0v) is 14.2. The third-order valence-corrected chi connectivity index (χ3v) is 3.55. The molecule has 0 bridgehead atoms.